The molecule has 0 radical (unpaired) electrons. The zero-order valence-corrected chi connectivity index (χ0v) is 7.16. The van der Waals surface area contributed by atoms with E-state index in [1.54, 1.807) is 6.26 Å². The van der Waals surface area contributed by atoms with Crippen LogP contribution in [0, 0.1) is 0 Å². The van der Waals surface area contributed by atoms with Crippen molar-refractivity contribution >= 4 is 5.69 Å². The number of hydrogen-bond donors (Lipinski definition) is 1. The Kier molecular flexibility index (Phi) is 3.20. The lowest BCUT2D eigenvalue weighted by Crippen LogP contribution is -1.85. The Bertz CT molecular complexity index is 251. The van der Waals surface area contributed by atoms with Crippen LogP contribution >= 0.6 is 0 Å². The van der Waals surface area contributed by atoms with Crippen LogP contribution in [0.1, 0.15) is 13.3 Å². The van der Waals surface area contributed by atoms with Gasteiger partial charge in [0.2, 0.25) is 0 Å². The van der Waals surface area contributed by atoms with Gasteiger partial charge in [-0.2, -0.15) is 0 Å². The van der Waals surface area contributed by atoms with Crippen LogP contribution in [0.5, 0.6) is 5.75 Å². The normalized spacial score (nSPS) is 10.4. The number of rotatable bonds is 3. The maximum atomic E-state index is 5.51. The summed E-state index contributed by atoms with van der Waals surface area (Å²) in [5, 5.41) is 0. The molecule has 0 atom stereocenters. The largest absolute Gasteiger partial charge is 0.465 e. The molecular weight excluding hydrogens is 150 g/mol. The second-order valence-electron chi connectivity index (χ2n) is 2.47. The zero-order chi connectivity index (χ0) is 8.81. The average molecular weight is 163 g/mol. The quantitative estimate of drug-likeness (QED) is 0.549. The summed E-state index contributed by atoms with van der Waals surface area (Å²) in [4.78, 5) is 0. The molecular formula is C10H13NO. The monoisotopic (exact) mass is 163 g/mol. The van der Waals surface area contributed by atoms with E-state index in [2.05, 4.69) is 6.92 Å². The minimum absolute atomic E-state index is 0.752. The molecule has 0 fully saturated rings. The highest BCUT2D eigenvalue weighted by molar-refractivity contribution is 5.41. The molecule has 2 nitrogen and oxygen atoms in total. The number of benzene rings is 1. The van der Waals surface area contributed by atoms with Gasteiger partial charge in [-0.1, -0.05) is 6.92 Å². The number of allylic oxidation sites excluding steroid dienone is 1. The highest BCUT2D eigenvalue weighted by Gasteiger charge is 1.88. The second kappa shape index (κ2) is 4.44. The third-order valence-corrected chi connectivity index (χ3v) is 1.42. The van der Waals surface area contributed by atoms with Crippen LogP contribution in [0.25, 0.3) is 0 Å². The smallest absolute Gasteiger partial charge is 0.126 e. The molecule has 0 aliphatic heterocycles. The molecule has 1 aromatic carbocycles. The first-order chi connectivity index (χ1) is 5.83. The van der Waals surface area contributed by atoms with Crippen LogP contribution in [0.2, 0.25) is 0 Å². The molecule has 12 heavy (non-hydrogen) atoms. The summed E-state index contributed by atoms with van der Waals surface area (Å²) in [5.41, 5.74) is 6.26. The molecule has 64 valence electrons. The van der Waals surface area contributed by atoms with Crippen molar-refractivity contribution in [2.75, 3.05) is 5.73 Å². The van der Waals surface area contributed by atoms with Crippen molar-refractivity contribution < 1.29 is 4.74 Å². The Morgan fingerprint density at radius 2 is 2.00 bits per heavy atom. The minimum atomic E-state index is 0.752. The van der Waals surface area contributed by atoms with E-state index in [0.717, 1.165) is 17.9 Å². The molecule has 0 aliphatic carbocycles. The molecule has 2 heteroatoms. The van der Waals surface area contributed by atoms with E-state index in [1.807, 2.05) is 30.3 Å². The van der Waals surface area contributed by atoms with Crippen LogP contribution < -0.4 is 10.5 Å². The van der Waals surface area contributed by atoms with Gasteiger partial charge in [-0.15, -0.1) is 0 Å². The summed E-state index contributed by atoms with van der Waals surface area (Å²) in [7, 11) is 0. The Morgan fingerprint density at radius 3 is 2.58 bits per heavy atom. The highest BCUT2D eigenvalue weighted by atomic mass is 16.5. The number of hydrogen-bond acceptors (Lipinski definition) is 2. The van der Waals surface area contributed by atoms with Crippen LogP contribution in [0.15, 0.2) is 36.6 Å². The second-order valence-corrected chi connectivity index (χ2v) is 2.47. The molecule has 0 saturated carbocycles. The van der Waals surface area contributed by atoms with Crippen LogP contribution in [-0.4, -0.2) is 0 Å². The molecule has 0 saturated heterocycles. The van der Waals surface area contributed by atoms with Crippen molar-refractivity contribution in [1.82, 2.24) is 0 Å². The van der Waals surface area contributed by atoms with Gasteiger partial charge in [-0.25, -0.2) is 0 Å². The standard InChI is InChI=1S/C10H13NO/c1-2-3-8-12-10-6-4-9(11)5-7-10/h3-8H,2,11H2,1H3/b8-3+. The Hall–Kier alpha value is -1.44. The summed E-state index contributed by atoms with van der Waals surface area (Å²) < 4.78 is 5.27. The van der Waals surface area contributed by atoms with Gasteiger partial charge in [0.15, 0.2) is 0 Å². The number of nitrogens with two attached hydrogens (primary N) is 1. The molecule has 1 rings (SSSR count). The van der Waals surface area contributed by atoms with Crippen LogP contribution in [0.3, 0.4) is 0 Å². The first kappa shape index (κ1) is 8.65. The topological polar surface area (TPSA) is 35.2 Å². The van der Waals surface area contributed by atoms with Crippen molar-refractivity contribution in [3.63, 3.8) is 0 Å². The van der Waals surface area contributed by atoms with Gasteiger partial charge < -0.3 is 10.5 Å². The predicted octanol–water partition coefficient (Wildman–Crippen LogP) is 2.57. The fourth-order valence-electron chi connectivity index (χ4n) is 0.769. The van der Waals surface area contributed by atoms with Crippen molar-refractivity contribution in [2.24, 2.45) is 0 Å². The first-order valence-electron chi connectivity index (χ1n) is 4.00. The van der Waals surface area contributed by atoms with Crippen molar-refractivity contribution in [2.45, 2.75) is 13.3 Å². The summed E-state index contributed by atoms with van der Waals surface area (Å²) in [6.07, 6.45) is 4.62. The molecule has 2 N–H and O–H groups in total. The third kappa shape index (κ3) is 2.66. The van der Waals surface area contributed by atoms with Gasteiger partial charge in [-0.3, -0.25) is 0 Å². The SMILES string of the molecule is CC/C=C/Oc1ccc(N)cc1. The summed E-state index contributed by atoms with van der Waals surface area (Å²) in [5.74, 6) is 0.814. The van der Waals surface area contributed by atoms with Crippen molar-refractivity contribution in [3.8, 4) is 5.75 Å². The highest BCUT2D eigenvalue weighted by Crippen LogP contribution is 2.12. The van der Waals surface area contributed by atoms with E-state index in [0.29, 0.717) is 0 Å². The maximum absolute atomic E-state index is 5.51. The number of ether oxygens (including phenoxy) is 1. The lowest BCUT2D eigenvalue weighted by molar-refractivity contribution is 0.479. The average Bonchev–Trinajstić information content (AvgIpc) is 2.09. The van der Waals surface area contributed by atoms with Crippen LogP contribution in [0.4, 0.5) is 5.69 Å². The van der Waals surface area contributed by atoms with E-state index in [-0.39, 0.29) is 0 Å². The van der Waals surface area contributed by atoms with Gasteiger partial charge in [-0.05, 0) is 36.8 Å². The summed E-state index contributed by atoms with van der Waals surface area (Å²) in [6, 6.07) is 7.31. The minimum Gasteiger partial charge on any atom is -0.465 e. The Morgan fingerprint density at radius 1 is 1.33 bits per heavy atom. The van der Waals surface area contributed by atoms with Gasteiger partial charge in [0.1, 0.15) is 5.75 Å². The number of anilines is 1. The molecule has 0 aliphatic rings. The van der Waals surface area contributed by atoms with Gasteiger partial charge in [0.05, 0.1) is 6.26 Å². The maximum Gasteiger partial charge on any atom is 0.126 e. The molecule has 0 bridgehead atoms. The van der Waals surface area contributed by atoms with Crippen molar-refractivity contribution in [1.29, 1.82) is 0 Å². The van der Waals surface area contributed by atoms with E-state index in [9.17, 15) is 0 Å². The molecule has 0 heterocycles. The molecule has 1 aromatic rings. The summed E-state index contributed by atoms with van der Waals surface area (Å²) in [6.45, 7) is 2.06. The van der Waals surface area contributed by atoms with E-state index < -0.39 is 0 Å². The van der Waals surface area contributed by atoms with Gasteiger partial charge in [0, 0.05) is 5.69 Å². The fraction of sp³-hybridized carbons (Fsp3) is 0.200. The molecule has 0 aromatic heterocycles. The zero-order valence-electron chi connectivity index (χ0n) is 7.16. The number of nitrogen functional groups attached to an aromatic ring is 1. The predicted molar refractivity (Wildman–Crippen MR) is 50.9 cm³/mol. The summed E-state index contributed by atoms with van der Waals surface area (Å²) >= 11 is 0. The molecule has 0 unspecified atom stereocenters. The lowest BCUT2D eigenvalue weighted by atomic mass is 10.3. The lowest BCUT2D eigenvalue weighted by Gasteiger charge is -1.99. The van der Waals surface area contributed by atoms with Crippen LogP contribution in [-0.2, 0) is 0 Å². The van der Waals surface area contributed by atoms with E-state index in [4.69, 9.17) is 10.5 Å². The van der Waals surface area contributed by atoms with Gasteiger partial charge >= 0.3 is 0 Å². The van der Waals surface area contributed by atoms with E-state index in [1.165, 1.54) is 0 Å². The van der Waals surface area contributed by atoms with Gasteiger partial charge in [0.25, 0.3) is 0 Å². The third-order valence-electron chi connectivity index (χ3n) is 1.42. The fourth-order valence-corrected chi connectivity index (χ4v) is 0.769. The first-order valence-corrected chi connectivity index (χ1v) is 4.00. The Labute approximate surface area is 72.7 Å². The van der Waals surface area contributed by atoms with E-state index >= 15 is 0 Å². The molecule has 0 amide bonds. The van der Waals surface area contributed by atoms with Crippen molar-refractivity contribution in [3.05, 3.63) is 36.6 Å². The Balaban J connectivity index is 2.53. The molecule has 0 spiro atoms.